The zero-order valence-corrected chi connectivity index (χ0v) is 12.3. The predicted octanol–water partition coefficient (Wildman–Crippen LogP) is 4.57. The number of benzene rings is 1. The van der Waals surface area contributed by atoms with Gasteiger partial charge < -0.3 is 11.1 Å². The fraction of sp³-hybridized carbons (Fsp3) is 0.625. The Morgan fingerprint density at radius 1 is 1.20 bits per heavy atom. The van der Waals surface area contributed by atoms with Crippen LogP contribution in [0.5, 0.6) is 0 Å². The van der Waals surface area contributed by atoms with Crippen molar-refractivity contribution in [2.75, 3.05) is 17.6 Å². The van der Waals surface area contributed by atoms with Crippen LogP contribution < -0.4 is 11.1 Å². The van der Waals surface area contributed by atoms with E-state index in [4.69, 9.17) is 5.73 Å². The first-order chi connectivity index (χ1) is 9.42. The molecule has 0 bridgehead atoms. The van der Waals surface area contributed by atoms with E-state index in [1.54, 1.807) is 0 Å². The minimum Gasteiger partial charge on any atom is -0.399 e. The van der Waals surface area contributed by atoms with Gasteiger partial charge in [-0.2, -0.15) is 0 Å². The van der Waals surface area contributed by atoms with Crippen molar-refractivity contribution in [2.24, 2.45) is 11.3 Å². The first-order valence-electron chi connectivity index (χ1n) is 7.40. The van der Waals surface area contributed by atoms with Crippen LogP contribution in [0.15, 0.2) is 12.1 Å². The summed E-state index contributed by atoms with van der Waals surface area (Å²) < 4.78 is 27.6. The van der Waals surface area contributed by atoms with Crippen molar-refractivity contribution in [3.05, 3.63) is 23.8 Å². The molecule has 0 amide bonds. The van der Waals surface area contributed by atoms with Crippen LogP contribution in [0.2, 0.25) is 0 Å². The molecule has 4 heteroatoms. The van der Waals surface area contributed by atoms with Crippen LogP contribution >= 0.6 is 0 Å². The standard InChI is InChI=1S/C16H24F2N2/c1-11(2)9-16(5-3-4-6-16)10-20-15-13(17)7-12(19)8-14(15)18/h7-8,11,20H,3-6,9-10,19H2,1-2H3. The van der Waals surface area contributed by atoms with E-state index < -0.39 is 11.6 Å². The number of anilines is 2. The Hall–Kier alpha value is -1.32. The van der Waals surface area contributed by atoms with Crippen molar-refractivity contribution in [1.29, 1.82) is 0 Å². The summed E-state index contributed by atoms with van der Waals surface area (Å²) in [5.41, 5.74) is 5.67. The van der Waals surface area contributed by atoms with Gasteiger partial charge in [-0.25, -0.2) is 8.78 Å². The van der Waals surface area contributed by atoms with Crippen molar-refractivity contribution >= 4 is 11.4 Å². The molecular weight excluding hydrogens is 258 g/mol. The summed E-state index contributed by atoms with van der Waals surface area (Å²) in [4.78, 5) is 0. The molecule has 1 fully saturated rings. The molecule has 1 aromatic rings. The second-order valence-electron chi connectivity index (χ2n) is 6.52. The summed E-state index contributed by atoms with van der Waals surface area (Å²) in [5, 5.41) is 2.99. The minimum absolute atomic E-state index is 0.0470. The summed E-state index contributed by atoms with van der Waals surface area (Å²) in [6, 6.07) is 2.32. The zero-order chi connectivity index (χ0) is 14.8. The molecule has 3 N–H and O–H groups in total. The highest BCUT2D eigenvalue weighted by Gasteiger charge is 2.34. The van der Waals surface area contributed by atoms with Crippen molar-refractivity contribution in [2.45, 2.75) is 46.0 Å². The maximum Gasteiger partial charge on any atom is 0.151 e. The second kappa shape index (κ2) is 5.98. The normalized spacial score (nSPS) is 17.6. The lowest BCUT2D eigenvalue weighted by molar-refractivity contribution is 0.252. The third-order valence-corrected chi connectivity index (χ3v) is 4.21. The topological polar surface area (TPSA) is 38.0 Å². The molecule has 0 unspecified atom stereocenters. The quantitative estimate of drug-likeness (QED) is 0.777. The van der Waals surface area contributed by atoms with Crippen LogP contribution in [0.4, 0.5) is 20.2 Å². The van der Waals surface area contributed by atoms with Gasteiger partial charge in [-0.15, -0.1) is 0 Å². The van der Waals surface area contributed by atoms with Gasteiger partial charge in [0.15, 0.2) is 11.6 Å². The zero-order valence-electron chi connectivity index (χ0n) is 12.3. The summed E-state index contributed by atoms with van der Waals surface area (Å²) in [5.74, 6) is -0.628. The highest BCUT2D eigenvalue weighted by molar-refractivity contribution is 5.54. The molecule has 1 aromatic carbocycles. The number of hydrogen-bond donors (Lipinski definition) is 2. The van der Waals surface area contributed by atoms with Gasteiger partial charge in [-0.1, -0.05) is 26.7 Å². The maximum absolute atomic E-state index is 13.8. The fourth-order valence-electron chi connectivity index (χ4n) is 3.48. The van der Waals surface area contributed by atoms with Crippen molar-refractivity contribution < 1.29 is 8.78 Å². The summed E-state index contributed by atoms with van der Waals surface area (Å²) >= 11 is 0. The molecule has 0 heterocycles. The third kappa shape index (κ3) is 3.41. The Bertz CT molecular complexity index is 443. The van der Waals surface area contributed by atoms with Crippen LogP contribution in [0.3, 0.4) is 0 Å². The molecule has 112 valence electrons. The smallest absolute Gasteiger partial charge is 0.151 e. The van der Waals surface area contributed by atoms with Gasteiger partial charge >= 0.3 is 0 Å². The van der Waals surface area contributed by atoms with E-state index in [1.165, 1.54) is 12.8 Å². The first kappa shape index (κ1) is 15.1. The van der Waals surface area contributed by atoms with E-state index in [9.17, 15) is 8.78 Å². The minimum atomic E-state index is -0.611. The van der Waals surface area contributed by atoms with Crippen molar-refractivity contribution in [1.82, 2.24) is 0 Å². The highest BCUT2D eigenvalue weighted by Crippen LogP contribution is 2.43. The summed E-state index contributed by atoms with van der Waals surface area (Å²) in [6.45, 7) is 5.03. The van der Waals surface area contributed by atoms with Crippen molar-refractivity contribution in [3.63, 3.8) is 0 Å². The van der Waals surface area contributed by atoms with Gasteiger partial charge in [0.25, 0.3) is 0 Å². The molecule has 0 spiro atoms. The monoisotopic (exact) mass is 282 g/mol. The Kier molecular flexibility index (Phi) is 4.51. The highest BCUT2D eigenvalue weighted by atomic mass is 19.1. The van der Waals surface area contributed by atoms with E-state index in [1.807, 2.05) is 0 Å². The Morgan fingerprint density at radius 3 is 2.25 bits per heavy atom. The SMILES string of the molecule is CC(C)CC1(CNc2c(F)cc(N)cc2F)CCCC1. The number of nitrogen functional groups attached to an aromatic ring is 1. The molecule has 0 aliphatic heterocycles. The molecule has 1 aliphatic rings. The average molecular weight is 282 g/mol. The Balaban J connectivity index is 2.10. The van der Waals surface area contributed by atoms with Gasteiger partial charge in [0.1, 0.15) is 5.69 Å². The van der Waals surface area contributed by atoms with E-state index >= 15 is 0 Å². The number of nitrogens with two attached hydrogens (primary N) is 1. The molecular formula is C16H24F2N2. The van der Waals surface area contributed by atoms with Gasteiger partial charge in [0.2, 0.25) is 0 Å². The number of nitrogens with one attached hydrogen (secondary N) is 1. The van der Waals surface area contributed by atoms with Crippen LogP contribution in [-0.4, -0.2) is 6.54 Å². The van der Waals surface area contributed by atoms with Crippen LogP contribution in [-0.2, 0) is 0 Å². The summed E-state index contributed by atoms with van der Waals surface area (Å²) in [6.07, 6.45) is 5.78. The molecule has 2 rings (SSSR count). The van der Waals surface area contributed by atoms with Crippen molar-refractivity contribution in [3.8, 4) is 0 Å². The molecule has 1 saturated carbocycles. The molecule has 2 nitrogen and oxygen atoms in total. The van der Waals surface area contributed by atoms with Gasteiger partial charge in [-0.05, 0) is 42.7 Å². The van der Waals surface area contributed by atoms with E-state index in [2.05, 4.69) is 19.2 Å². The molecule has 0 aromatic heterocycles. The Morgan fingerprint density at radius 2 is 1.75 bits per heavy atom. The number of halogens is 2. The fourth-order valence-corrected chi connectivity index (χ4v) is 3.48. The number of rotatable bonds is 5. The Labute approximate surface area is 119 Å². The van der Waals surface area contributed by atoms with Crippen LogP contribution in [0.1, 0.15) is 46.0 Å². The largest absolute Gasteiger partial charge is 0.399 e. The lowest BCUT2D eigenvalue weighted by Crippen LogP contribution is -2.29. The van der Waals surface area contributed by atoms with E-state index in [0.717, 1.165) is 31.4 Å². The van der Waals surface area contributed by atoms with Gasteiger partial charge in [-0.3, -0.25) is 0 Å². The first-order valence-corrected chi connectivity index (χ1v) is 7.40. The lowest BCUT2D eigenvalue weighted by atomic mass is 9.78. The van der Waals surface area contributed by atoms with Crippen LogP contribution in [0.25, 0.3) is 0 Å². The van der Waals surface area contributed by atoms with E-state index in [0.29, 0.717) is 12.5 Å². The lowest BCUT2D eigenvalue weighted by Gasteiger charge is -2.31. The van der Waals surface area contributed by atoms with E-state index in [-0.39, 0.29) is 16.8 Å². The molecule has 0 atom stereocenters. The molecule has 0 radical (unpaired) electrons. The predicted molar refractivity (Wildman–Crippen MR) is 79.6 cm³/mol. The maximum atomic E-state index is 13.8. The summed E-state index contributed by atoms with van der Waals surface area (Å²) in [7, 11) is 0. The molecule has 20 heavy (non-hydrogen) atoms. The van der Waals surface area contributed by atoms with Crippen LogP contribution in [0, 0.1) is 23.0 Å². The third-order valence-electron chi connectivity index (χ3n) is 4.21. The molecule has 1 aliphatic carbocycles. The molecule has 0 saturated heterocycles. The average Bonchev–Trinajstić information content (AvgIpc) is 2.75. The van der Waals surface area contributed by atoms with Gasteiger partial charge in [0.05, 0.1) is 0 Å². The van der Waals surface area contributed by atoms with Gasteiger partial charge in [0, 0.05) is 12.2 Å². The second-order valence-corrected chi connectivity index (χ2v) is 6.52. The number of hydrogen-bond acceptors (Lipinski definition) is 2.